The molecule has 0 saturated carbocycles. The van der Waals surface area contributed by atoms with Crippen LogP contribution in [0.4, 0.5) is 5.82 Å². The Morgan fingerprint density at radius 3 is 2.59 bits per heavy atom. The second kappa shape index (κ2) is 5.09. The molecule has 0 radical (unpaired) electrons. The standard InChI is InChI=1S/C14H19ClN2/c1-10(2)12-4-5-13(16-14(12)15)17-8-6-11(3)7-9-17/h4-5,11H,1,6-9H2,2-3H3. The third-order valence-corrected chi connectivity index (χ3v) is 3.69. The van der Waals surface area contributed by atoms with E-state index in [1.807, 2.05) is 19.1 Å². The summed E-state index contributed by atoms with van der Waals surface area (Å²) in [6.45, 7) is 10.3. The summed E-state index contributed by atoms with van der Waals surface area (Å²) >= 11 is 6.17. The lowest BCUT2D eigenvalue weighted by Crippen LogP contribution is -2.33. The van der Waals surface area contributed by atoms with Crippen LogP contribution in [0.1, 0.15) is 32.3 Å². The molecule has 2 nitrogen and oxygen atoms in total. The van der Waals surface area contributed by atoms with E-state index in [2.05, 4.69) is 23.4 Å². The lowest BCUT2D eigenvalue weighted by atomic mass is 9.99. The molecule has 17 heavy (non-hydrogen) atoms. The normalized spacial score (nSPS) is 17.2. The van der Waals surface area contributed by atoms with Crippen molar-refractivity contribution >= 4 is 23.0 Å². The Balaban J connectivity index is 2.17. The van der Waals surface area contributed by atoms with Crippen molar-refractivity contribution < 1.29 is 0 Å². The first kappa shape index (κ1) is 12.4. The maximum absolute atomic E-state index is 6.17. The molecule has 2 rings (SSSR count). The molecule has 1 aliphatic rings. The van der Waals surface area contributed by atoms with Crippen molar-refractivity contribution in [3.63, 3.8) is 0 Å². The van der Waals surface area contributed by atoms with E-state index in [1.165, 1.54) is 12.8 Å². The number of anilines is 1. The van der Waals surface area contributed by atoms with E-state index in [4.69, 9.17) is 11.6 Å². The first-order valence-electron chi connectivity index (χ1n) is 6.15. The molecule has 0 amide bonds. The Labute approximate surface area is 108 Å². The number of rotatable bonds is 2. The van der Waals surface area contributed by atoms with Gasteiger partial charge in [-0.1, -0.05) is 25.1 Å². The van der Waals surface area contributed by atoms with E-state index in [-0.39, 0.29) is 0 Å². The van der Waals surface area contributed by atoms with E-state index in [1.54, 1.807) is 0 Å². The van der Waals surface area contributed by atoms with Gasteiger partial charge in [-0.05, 0) is 43.4 Å². The zero-order chi connectivity index (χ0) is 12.4. The molecule has 92 valence electrons. The second-order valence-corrected chi connectivity index (χ2v) is 5.32. The van der Waals surface area contributed by atoms with Gasteiger partial charge in [0, 0.05) is 18.7 Å². The van der Waals surface area contributed by atoms with Crippen LogP contribution in [-0.2, 0) is 0 Å². The fraction of sp³-hybridized carbons (Fsp3) is 0.500. The monoisotopic (exact) mass is 250 g/mol. The van der Waals surface area contributed by atoms with Gasteiger partial charge in [0.2, 0.25) is 0 Å². The Bertz CT molecular complexity index is 420. The van der Waals surface area contributed by atoms with Crippen LogP contribution in [-0.4, -0.2) is 18.1 Å². The SMILES string of the molecule is C=C(C)c1ccc(N2CCC(C)CC2)nc1Cl. The number of pyridine rings is 1. The molecule has 0 aliphatic carbocycles. The van der Waals surface area contributed by atoms with Crippen LogP contribution in [0.15, 0.2) is 18.7 Å². The number of piperidine rings is 1. The van der Waals surface area contributed by atoms with Crippen LogP contribution in [0.25, 0.3) is 5.57 Å². The molecule has 0 aromatic carbocycles. The van der Waals surface area contributed by atoms with Gasteiger partial charge in [0.15, 0.2) is 0 Å². The summed E-state index contributed by atoms with van der Waals surface area (Å²) in [5, 5.41) is 0.564. The Morgan fingerprint density at radius 1 is 1.41 bits per heavy atom. The summed E-state index contributed by atoms with van der Waals surface area (Å²) in [5.41, 5.74) is 1.90. The average molecular weight is 251 g/mol. The number of nitrogens with zero attached hydrogens (tertiary/aromatic N) is 2. The van der Waals surface area contributed by atoms with Gasteiger partial charge < -0.3 is 4.90 Å². The van der Waals surface area contributed by atoms with Gasteiger partial charge in [-0.2, -0.15) is 0 Å². The van der Waals surface area contributed by atoms with Crippen LogP contribution in [0.3, 0.4) is 0 Å². The summed E-state index contributed by atoms with van der Waals surface area (Å²) in [6.07, 6.45) is 2.48. The topological polar surface area (TPSA) is 16.1 Å². The minimum absolute atomic E-state index is 0.564. The molecule has 1 fully saturated rings. The van der Waals surface area contributed by atoms with E-state index >= 15 is 0 Å². The van der Waals surface area contributed by atoms with Crippen molar-refractivity contribution in [3.05, 3.63) is 29.4 Å². The number of halogens is 1. The zero-order valence-corrected chi connectivity index (χ0v) is 11.3. The highest BCUT2D eigenvalue weighted by atomic mass is 35.5. The van der Waals surface area contributed by atoms with Gasteiger partial charge in [-0.3, -0.25) is 0 Å². The molecular weight excluding hydrogens is 232 g/mol. The summed E-state index contributed by atoms with van der Waals surface area (Å²) in [5.74, 6) is 1.82. The van der Waals surface area contributed by atoms with Gasteiger partial charge in [0.25, 0.3) is 0 Å². The van der Waals surface area contributed by atoms with Gasteiger partial charge in [-0.25, -0.2) is 4.98 Å². The lowest BCUT2D eigenvalue weighted by molar-refractivity contribution is 0.436. The molecule has 1 aliphatic heterocycles. The minimum Gasteiger partial charge on any atom is -0.357 e. The minimum atomic E-state index is 0.564. The quantitative estimate of drug-likeness (QED) is 0.738. The highest BCUT2D eigenvalue weighted by molar-refractivity contribution is 6.31. The first-order chi connectivity index (χ1) is 8.08. The number of hydrogen-bond donors (Lipinski definition) is 0. The van der Waals surface area contributed by atoms with Crippen LogP contribution >= 0.6 is 11.6 Å². The molecule has 1 aromatic rings. The van der Waals surface area contributed by atoms with Crippen LogP contribution in [0, 0.1) is 5.92 Å². The first-order valence-corrected chi connectivity index (χ1v) is 6.53. The van der Waals surface area contributed by atoms with Crippen molar-refractivity contribution in [2.75, 3.05) is 18.0 Å². The van der Waals surface area contributed by atoms with Gasteiger partial charge in [-0.15, -0.1) is 0 Å². The molecule has 1 aromatic heterocycles. The largest absolute Gasteiger partial charge is 0.357 e. The molecule has 0 bridgehead atoms. The van der Waals surface area contributed by atoms with Crippen LogP contribution < -0.4 is 4.90 Å². The molecular formula is C14H19ClN2. The van der Waals surface area contributed by atoms with Crippen molar-refractivity contribution in [2.24, 2.45) is 5.92 Å². The summed E-state index contributed by atoms with van der Waals surface area (Å²) in [4.78, 5) is 6.79. The fourth-order valence-corrected chi connectivity index (χ4v) is 2.47. The predicted octanol–water partition coefficient (Wildman–Crippen LogP) is 4.00. The average Bonchev–Trinajstić information content (AvgIpc) is 2.29. The van der Waals surface area contributed by atoms with Crippen LogP contribution in [0.5, 0.6) is 0 Å². The van der Waals surface area contributed by atoms with E-state index in [9.17, 15) is 0 Å². The Kier molecular flexibility index (Phi) is 3.72. The highest BCUT2D eigenvalue weighted by Crippen LogP contribution is 2.26. The van der Waals surface area contributed by atoms with E-state index in [0.717, 1.165) is 36.0 Å². The molecule has 0 unspecified atom stereocenters. The predicted molar refractivity (Wildman–Crippen MR) is 74.6 cm³/mol. The Morgan fingerprint density at radius 2 is 2.06 bits per heavy atom. The lowest BCUT2D eigenvalue weighted by Gasteiger charge is -2.31. The highest BCUT2D eigenvalue weighted by Gasteiger charge is 2.17. The summed E-state index contributed by atoms with van der Waals surface area (Å²) in [6, 6.07) is 4.07. The number of aromatic nitrogens is 1. The van der Waals surface area contributed by atoms with Gasteiger partial charge >= 0.3 is 0 Å². The third kappa shape index (κ3) is 2.81. The van der Waals surface area contributed by atoms with Gasteiger partial charge in [0.05, 0.1) is 0 Å². The maximum atomic E-state index is 6.17. The van der Waals surface area contributed by atoms with Crippen LogP contribution in [0.2, 0.25) is 5.15 Å². The summed E-state index contributed by atoms with van der Waals surface area (Å²) < 4.78 is 0. The zero-order valence-electron chi connectivity index (χ0n) is 10.5. The number of hydrogen-bond acceptors (Lipinski definition) is 2. The number of allylic oxidation sites excluding steroid dienone is 1. The third-order valence-electron chi connectivity index (χ3n) is 3.40. The van der Waals surface area contributed by atoms with E-state index in [0.29, 0.717) is 5.15 Å². The summed E-state index contributed by atoms with van der Waals surface area (Å²) in [7, 11) is 0. The molecule has 0 spiro atoms. The molecule has 0 atom stereocenters. The fourth-order valence-electron chi connectivity index (χ4n) is 2.16. The molecule has 0 N–H and O–H groups in total. The van der Waals surface area contributed by atoms with Crippen molar-refractivity contribution in [2.45, 2.75) is 26.7 Å². The van der Waals surface area contributed by atoms with Gasteiger partial charge in [0.1, 0.15) is 11.0 Å². The van der Waals surface area contributed by atoms with Crippen molar-refractivity contribution in [1.82, 2.24) is 4.98 Å². The van der Waals surface area contributed by atoms with Crippen molar-refractivity contribution in [1.29, 1.82) is 0 Å². The molecule has 2 heterocycles. The maximum Gasteiger partial charge on any atom is 0.138 e. The Hall–Kier alpha value is -1.02. The molecule has 1 saturated heterocycles. The second-order valence-electron chi connectivity index (χ2n) is 4.96. The van der Waals surface area contributed by atoms with Crippen molar-refractivity contribution in [3.8, 4) is 0 Å². The molecule has 3 heteroatoms. The smallest absolute Gasteiger partial charge is 0.138 e. The van der Waals surface area contributed by atoms with E-state index < -0.39 is 0 Å².